The zero-order valence-corrected chi connectivity index (χ0v) is 20.7. The molecule has 0 aromatic heterocycles. The Bertz CT molecular complexity index is 916. The summed E-state index contributed by atoms with van der Waals surface area (Å²) in [5, 5.41) is 9.33. The first-order valence-electron chi connectivity index (χ1n) is 11.7. The first-order chi connectivity index (χ1) is 16.3. The normalized spacial score (nSPS) is 29.2. The number of ether oxygens (including phenoxy) is 4. The van der Waals surface area contributed by atoms with Gasteiger partial charge in [0.1, 0.15) is 11.9 Å². The third-order valence-corrected chi connectivity index (χ3v) is 6.77. The minimum absolute atomic E-state index is 0.0443. The van der Waals surface area contributed by atoms with E-state index in [0.29, 0.717) is 36.4 Å². The molecule has 1 aromatic carbocycles. The molecule has 1 saturated heterocycles. The van der Waals surface area contributed by atoms with Crippen LogP contribution in [-0.4, -0.2) is 94.0 Å². The maximum Gasteiger partial charge on any atom is 0.257 e. The molecule has 2 aliphatic heterocycles. The molecular weight excluding hydrogens is 438 g/mol. The molecule has 2 heterocycles. The smallest absolute Gasteiger partial charge is 0.257 e. The standard InChI is InChI=1S/C25H35N3O6/c1-16-22(32-5)14-28(3)25(30)19-12-17(13-26)6-8-20(19)33-11-10-18-7-9-21(31-4)23(34-18)15-27(2)24(16)29/h6,8,12,16,18,21-23H,7,9-11,14-15H2,1-5H3/t16-,18+,21+,22+,23-/m1/s1. The van der Waals surface area contributed by atoms with Crippen molar-refractivity contribution in [2.75, 3.05) is 48.0 Å². The second-order valence-electron chi connectivity index (χ2n) is 9.08. The highest BCUT2D eigenvalue weighted by molar-refractivity contribution is 5.97. The molecule has 186 valence electrons. The molecule has 0 radical (unpaired) electrons. The topological polar surface area (TPSA) is 101 Å². The second-order valence-corrected chi connectivity index (χ2v) is 9.08. The lowest BCUT2D eigenvalue weighted by Crippen LogP contribution is -2.50. The maximum absolute atomic E-state index is 13.3. The molecule has 0 aliphatic carbocycles. The first kappa shape index (κ1) is 25.9. The Morgan fingerprint density at radius 1 is 1.03 bits per heavy atom. The van der Waals surface area contributed by atoms with Gasteiger partial charge in [-0.25, -0.2) is 0 Å². The van der Waals surface area contributed by atoms with Crippen LogP contribution in [0.4, 0.5) is 0 Å². The van der Waals surface area contributed by atoms with Crippen LogP contribution in [0.1, 0.15) is 42.1 Å². The SMILES string of the molecule is CO[C@H]1CC[C@H]2CCOc3ccc(C#N)cc3C(=O)N(C)C[C@H](OC)[C@@H](C)C(=O)N(C)C[C@H]1O2. The zero-order valence-electron chi connectivity index (χ0n) is 20.7. The van der Waals surface area contributed by atoms with E-state index in [-0.39, 0.29) is 36.7 Å². The van der Waals surface area contributed by atoms with Gasteiger partial charge in [0.05, 0.1) is 48.0 Å². The van der Waals surface area contributed by atoms with Gasteiger partial charge in [0.25, 0.3) is 5.91 Å². The fraction of sp³-hybridized carbons (Fsp3) is 0.640. The summed E-state index contributed by atoms with van der Waals surface area (Å²) < 4.78 is 23.6. The van der Waals surface area contributed by atoms with E-state index < -0.39 is 12.0 Å². The number of carbonyl (C=O) groups excluding carboxylic acids is 2. The molecule has 9 nitrogen and oxygen atoms in total. The van der Waals surface area contributed by atoms with Crippen molar-refractivity contribution < 1.29 is 28.5 Å². The molecule has 0 spiro atoms. The molecule has 1 fully saturated rings. The number of likely N-dealkylation sites (N-methyl/N-ethyl adjacent to an activating group) is 2. The largest absolute Gasteiger partial charge is 0.493 e. The molecule has 3 rings (SSSR count). The molecule has 0 saturated carbocycles. The summed E-state index contributed by atoms with van der Waals surface area (Å²) in [4.78, 5) is 29.7. The van der Waals surface area contributed by atoms with Crippen LogP contribution in [0.5, 0.6) is 5.75 Å². The molecular formula is C25H35N3O6. The van der Waals surface area contributed by atoms with Crippen LogP contribution in [0.25, 0.3) is 0 Å². The number of hydrogen-bond acceptors (Lipinski definition) is 7. The Hall–Kier alpha value is -2.67. The summed E-state index contributed by atoms with van der Waals surface area (Å²) in [5.41, 5.74) is 0.678. The minimum atomic E-state index is -0.515. The van der Waals surface area contributed by atoms with Crippen LogP contribution < -0.4 is 4.74 Å². The van der Waals surface area contributed by atoms with Gasteiger partial charge in [-0.3, -0.25) is 9.59 Å². The molecule has 1 aromatic rings. The van der Waals surface area contributed by atoms with E-state index in [2.05, 4.69) is 6.07 Å². The van der Waals surface area contributed by atoms with Crippen molar-refractivity contribution in [3.8, 4) is 11.8 Å². The van der Waals surface area contributed by atoms with E-state index in [4.69, 9.17) is 18.9 Å². The molecule has 34 heavy (non-hydrogen) atoms. The van der Waals surface area contributed by atoms with E-state index in [1.807, 2.05) is 0 Å². The van der Waals surface area contributed by atoms with E-state index in [0.717, 1.165) is 12.8 Å². The summed E-state index contributed by atoms with van der Waals surface area (Å²) >= 11 is 0. The van der Waals surface area contributed by atoms with Crippen molar-refractivity contribution >= 4 is 11.8 Å². The Balaban J connectivity index is 1.93. The highest BCUT2D eigenvalue weighted by Gasteiger charge is 2.35. The quantitative estimate of drug-likeness (QED) is 0.648. The molecule has 9 heteroatoms. The van der Waals surface area contributed by atoms with E-state index >= 15 is 0 Å². The fourth-order valence-corrected chi connectivity index (χ4v) is 4.64. The van der Waals surface area contributed by atoms with Crippen LogP contribution in [0.3, 0.4) is 0 Å². The van der Waals surface area contributed by atoms with Gasteiger partial charge in [-0.2, -0.15) is 5.26 Å². The molecule has 0 unspecified atom stereocenters. The third kappa shape index (κ3) is 5.87. The van der Waals surface area contributed by atoms with E-state index in [1.54, 1.807) is 45.2 Å². The number of rotatable bonds is 2. The Morgan fingerprint density at radius 2 is 1.76 bits per heavy atom. The van der Waals surface area contributed by atoms with Crippen LogP contribution in [-0.2, 0) is 19.0 Å². The number of fused-ring (bicyclic) bond motifs is 3. The third-order valence-electron chi connectivity index (χ3n) is 6.77. The summed E-state index contributed by atoms with van der Waals surface area (Å²) in [6.07, 6.45) is 1.39. The summed E-state index contributed by atoms with van der Waals surface area (Å²) in [6.45, 7) is 2.77. The second kappa shape index (κ2) is 11.6. The van der Waals surface area contributed by atoms with Crippen LogP contribution in [0.15, 0.2) is 18.2 Å². The number of methoxy groups -OCH3 is 2. The average Bonchev–Trinajstić information content (AvgIpc) is 2.85. The number of amides is 2. The Morgan fingerprint density at radius 3 is 2.44 bits per heavy atom. The summed E-state index contributed by atoms with van der Waals surface area (Å²) in [5.74, 6) is -0.454. The summed E-state index contributed by atoms with van der Waals surface area (Å²) in [6, 6.07) is 6.90. The van der Waals surface area contributed by atoms with Crippen LogP contribution in [0.2, 0.25) is 0 Å². The highest BCUT2D eigenvalue weighted by Crippen LogP contribution is 2.27. The lowest BCUT2D eigenvalue weighted by molar-refractivity contribution is -0.154. The van der Waals surface area contributed by atoms with Crippen LogP contribution in [0, 0.1) is 17.2 Å². The Labute approximate surface area is 201 Å². The first-order valence-corrected chi connectivity index (χ1v) is 11.7. The van der Waals surface area contributed by atoms with Gasteiger partial charge in [-0.05, 0) is 31.0 Å². The number of nitriles is 1. The molecule has 2 amide bonds. The molecule has 0 N–H and O–H groups in total. The lowest BCUT2D eigenvalue weighted by atomic mass is 9.97. The number of benzene rings is 1. The fourth-order valence-electron chi connectivity index (χ4n) is 4.64. The van der Waals surface area contributed by atoms with Crippen molar-refractivity contribution in [3.05, 3.63) is 29.3 Å². The molecule has 2 aliphatic rings. The minimum Gasteiger partial charge on any atom is -0.493 e. The van der Waals surface area contributed by atoms with Gasteiger partial charge < -0.3 is 28.7 Å². The van der Waals surface area contributed by atoms with Gasteiger partial charge in [-0.1, -0.05) is 6.92 Å². The monoisotopic (exact) mass is 473 g/mol. The molecule has 5 atom stereocenters. The van der Waals surface area contributed by atoms with Gasteiger partial charge >= 0.3 is 0 Å². The van der Waals surface area contributed by atoms with Crippen LogP contribution >= 0.6 is 0 Å². The van der Waals surface area contributed by atoms with Gasteiger partial charge in [0.2, 0.25) is 5.91 Å². The molecule has 2 bridgehead atoms. The predicted molar refractivity (Wildman–Crippen MR) is 125 cm³/mol. The van der Waals surface area contributed by atoms with Crippen molar-refractivity contribution in [2.24, 2.45) is 5.92 Å². The van der Waals surface area contributed by atoms with Crippen molar-refractivity contribution in [2.45, 2.75) is 50.6 Å². The van der Waals surface area contributed by atoms with Gasteiger partial charge in [0, 0.05) is 47.8 Å². The van der Waals surface area contributed by atoms with Gasteiger partial charge in [0.15, 0.2) is 0 Å². The Kier molecular flexibility index (Phi) is 8.89. The average molecular weight is 474 g/mol. The number of carbonyl (C=O) groups is 2. The summed E-state index contributed by atoms with van der Waals surface area (Å²) in [7, 11) is 6.61. The van der Waals surface area contributed by atoms with E-state index in [9.17, 15) is 14.9 Å². The van der Waals surface area contributed by atoms with Crippen molar-refractivity contribution in [3.63, 3.8) is 0 Å². The highest BCUT2D eigenvalue weighted by atomic mass is 16.5. The number of nitrogens with zero attached hydrogens (tertiary/aromatic N) is 3. The van der Waals surface area contributed by atoms with Crippen molar-refractivity contribution in [1.82, 2.24) is 9.80 Å². The maximum atomic E-state index is 13.3. The van der Waals surface area contributed by atoms with Gasteiger partial charge in [-0.15, -0.1) is 0 Å². The lowest BCUT2D eigenvalue weighted by Gasteiger charge is -2.38. The zero-order chi connectivity index (χ0) is 24.8. The predicted octanol–water partition coefficient (Wildman–Crippen LogP) is 2.08. The van der Waals surface area contributed by atoms with E-state index in [1.165, 1.54) is 18.1 Å². The number of hydrogen-bond donors (Lipinski definition) is 0. The van der Waals surface area contributed by atoms with Crippen molar-refractivity contribution in [1.29, 1.82) is 5.26 Å².